The molecule has 0 radical (unpaired) electrons. The molecule has 0 amide bonds. The molecule has 1 aromatic carbocycles. The first-order valence-corrected chi connectivity index (χ1v) is 7.93. The molecule has 21 heavy (non-hydrogen) atoms. The number of hydrogen-bond acceptors (Lipinski definition) is 6. The van der Waals surface area contributed by atoms with Gasteiger partial charge >= 0.3 is 0 Å². The van der Waals surface area contributed by atoms with Crippen LogP contribution in [0.3, 0.4) is 0 Å². The first-order valence-electron chi connectivity index (χ1n) is 5.66. The van der Waals surface area contributed by atoms with Gasteiger partial charge in [-0.2, -0.15) is 5.10 Å². The van der Waals surface area contributed by atoms with Crippen molar-refractivity contribution in [1.82, 2.24) is 15.2 Å². The van der Waals surface area contributed by atoms with Gasteiger partial charge in [0.1, 0.15) is 10.7 Å². The second kappa shape index (κ2) is 5.53. The third-order valence-corrected chi connectivity index (χ3v) is 4.65. The van der Waals surface area contributed by atoms with Gasteiger partial charge in [-0.15, -0.1) is 5.10 Å². The van der Waals surface area contributed by atoms with E-state index in [0.29, 0.717) is 11.4 Å². The standard InChI is InChI=1S/C11H11BrFN5O2S/c1-5-6(2)16-17-11(15-5)18-21(19,20)10-3-7(12)8(13)4-9(10)14/h3-4H,14H2,1-2H3,(H,15,17,18). The number of halogens is 2. The van der Waals surface area contributed by atoms with Gasteiger partial charge in [-0.3, -0.25) is 0 Å². The molecular formula is C11H11BrFN5O2S. The summed E-state index contributed by atoms with van der Waals surface area (Å²) in [5.41, 5.74) is 6.45. The normalized spacial score (nSPS) is 11.4. The molecule has 10 heteroatoms. The van der Waals surface area contributed by atoms with Gasteiger partial charge in [0.2, 0.25) is 0 Å². The smallest absolute Gasteiger partial charge is 0.266 e. The highest BCUT2D eigenvalue weighted by Gasteiger charge is 2.21. The number of aryl methyl sites for hydroxylation is 2. The Morgan fingerprint density at radius 2 is 1.90 bits per heavy atom. The summed E-state index contributed by atoms with van der Waals surface area (Å²) in [4.78, 5) is 3.68. The molecule has 2 rings (SSSR count). The van der Waals surface area contributed by atoms with Crippen LogP contribution in [-0.4, -0.2) is 23.6 Å². The largest absolute Gasteiger partial charge is 0.398 e. The second-order valence-corrected chi connectivity index (χ2v) is 6.72. The maximum absolute atomic E-state index is 13.3. The van der Waals surface area contributed by atoms with Crippen LogP contribution in [0.2, 0.25) is 0 Å². The van der Waals surface area contributed by atoms with Crippen LogP contribution in [0.5, 0.6) is 0 Å². The van der Waals surface area contributed by atoms with Crippen molar-refractivity contribution in [3.05, 3.63) is 33.8 Å². The van der Waals surface area contributed by atoms with Gasteiger partial charge in [-0.25, -0.2) is 22.5 Å². The monoisotopic (exact) mass is 375 g/mol. The molecule has 3 N–H and O–H groups in total. The van der Waals surface area contributed by atoms with Crippen molar-refractivity contribution in [2.75, 3.05) is 10.5 Å². The predicted octanol–water partition coefficient (Wildman–Crippen LogP) is 1.77. The van der Waals surface area contributed by atoms with Gasteiger partial charge in [0, 0.05) is 0 Å². The molecule has 0 fully saturated rings. The van der Waals surface area contributed by atoms with Crippen molar-refractivity contribution < 1.29 is 12.8 Å². The molecule has 112 valence electrons. The van der Waals surface area contributed by atoms with Crippen molar-refractivity contribution in [1.29, 1.82) is 0 Å². The summed E-state index contributed by atoms with van der Waals surface area (Å²) < 4.78 is 39.9. The molecule has 1 heterocycles. The Hall–Kier alpha value is -1.81. The lowest BCUT2D eigenvalue weighted by Gasteiger charge is -2.10. The average molecular weight is 376 g/mol. The van der Waals surface area contributed by atoms with Crippen LogP contribution in [0.25, 0.3) is 0 Å². The van der Waals surface area contributed by atoms with Crippen molar-refractivity contribution in [2.45, 2.75) is 18.7 Å². The van der Waals surface area contributed by atoms with Crippen LogP contribution in [-0.2, 0) is 10.0 Å². The van der Waals surface area contributed by atoms with E-state index in [9.17, 15) is 12.8 Å². The second-order valence-electron chi connectivity index (χ2n) is 4.22. The molecule has 0 saturated heterocycles. The number of nitrogens with two attached hydrogens (primary N) is 1. The molecule has 2 aromatic rings. The van der Waals surface area contributed by atoms with Gasteiger partial charge in [0.15, 0.2) is 0 Å². The highest BCUT2D eigenvalue weighted by molar-refractivity contribution is 9.10. The minimum Gasteiger partial charge on any atom is -0.398 e. The molecule has 1 aromatic heterocycles. The van der Waals surface area contributed by atoms with Crippen LogP contribution >= 0.6 is 15.9 Å². The summed E-state index contributed by atoms with van der Waals surface area (Å²) in [5.74, 6) is -0.839. The summed E-state index contributed by atoms with van der Waals surface area (Å²) in [5, 5.41) is 7.41. The molecule has 0 aliphatic carbocycles. The topological polar surface area (TPSA) is 111 Å². The van der Waals surface area contributed by atoms with E-state index in [1.807, 2.05) is 0 Å². The van der Waals surface area contributed by atoms with Crippen LogP contribution < -0.4 is 10.5 Å². The molecule has 0 bridgehead atoms. The maximum atomic E-state index is 13.3. The third-order valence-electron chi connectivity index (χ3n) is 2.66. The van der Waals surface area contributed by atoms with Crippen LogP contribution in [0.4, 0.5) is 16.0 Å². The van der Waals surface area contributed by atoms with E-state index in [-0.39, 0.29) is 21.0 Å². The highest BCUT2D eigenvalue weighted by Crippen LogP contribution is 2.27. The molecule has 7 nitrogen and oxygen atoms in total. The van der Waals surface area contributed by atoms with E-state index in [0.717, 1.165) is 12.1 Å². The van der Waals surface area contributed by atoms with E-state index in [1.54, 1.807) is 13.8 Å². The number of hydrogen-bond donors (Lipinski definition) is 2. The summed E-state index contributed by atoms with van der Waals surface area (Å²) in [6, 6.07) is 1.99. The Kier molecular flexibility index (Phi) is 4.10. The number of aromatic nitrogens is 3. The number of nitrogens with one attached hydrogen (secondary N) is 1. The van der Waals surface area contributed by atoms with Crippen molar-refractivity contribution in [3.63, 3.8) is 0 Å². The molecule has 0 aliphatic rings. The highest BCUT2D eigenvalue weighted by atomic mass is 79.9. The fourth-order valence-corrected chi connectivity index (χ4v) is 3.03. The van der Waals surface area contributed by atoms with Crippen LogP contribution in [0, 0.1) is 19.7 Å². The number of sulfonamides is 1. The Labute approximate surface area is 129 Å². The molecule has 0 atom stereocenters. The Bertz CT molecular complexity index is 813. The van der Waals surface area contributed by atoms with Gasteiger partial charge in [0.05, 0.1) is 21.5 Å². The zero-order chi connectivity index (χ0) is 15.8. The summed E-state index contributed by atoms with van der Waals surface area (Å²) in [6.07, 6.45) is 0. The van der Waals surface area contributed by atoms with E-state index in [2.05, 4.69) is 35.8 Å². The van der Waals surface area contributed by atoms with Crippen molar-refractivity contribution >= 4 is 37.6 Å². The quantitative estimate of drug-likeness (QED) is 0.790. The van der Waals surface area contributed by atoms with E-state index >= 15 is 0 Å². The van der Waals surface area contributed by atoms with Crippen molar-refractivity contribution in [3.8, 4) is 0 Å². The zero-order valence-corrected chi connectivity index (χ0v) is 13.5. The zero-order valence-electron chi connectivity index (χ0n) is 11.1. The molecule has 0 aliphatic heterocycles. The van der Waals surface area contributed by atoms with E-state index < -0.39 is 15.8 Å². The van der Waals surface area contributed by atoms with Crippen molar-refractivity contribution in [2.24, 2.45) is 0 Å². The first kappa shape index (κ1) is 15.6. The lowest BCUT2D eigenvalue weighted by Crippen LogP contribution is -2.18. The number of anilines is 2. The third kappa shape index (κ3) is 3.27. The van der Waals surface area contributed by atoms with Gasteiger partial charge in [-0.05, 0) is 41.9 Å². The maximum Gasteiger partial charge on any atom is 0.266 e. The number of rotatable bonds is 3. The summed E-state index contributed by atoms with van der Waals surface area (Å²) >= 11 is 2.91. The Morgan fingerprint density at radius 1 is 1.24 bits per heavy atom. The minimum absolute atomic E-state index is 0.0174. The average Bonchev–Trinajstić information content (AvgIpc) is 2.37. The molecular weight excluding hydrogens is 365 g/mol. The first-order chi connectivity index (χ1) is 9.70. The Morgan fingerprint density at radius 3 is 2.52 bits per heavy atom. The number of nitrogen functional groups attached to an aromatic ring is 1. The number of nitrogens with zero attached hydrogens (tertiary/aromatic N) is 3. The fraction of sp³-hybridized carbons (Fsp3) is 0.182. The Balaban J connectivity index is 2.43. The van der Waals surface area contributed by atoms with E-state index in [4.69, 9.17) is 5.73 Å². The van der Waals surface area contributed by atoms with Gasteiger partial charge in [-0.1, -0.05) is 0 Å². The van der Waals surface area contributed by atoms with Gasteiger partial charge < -0.3 is 5.73 Å². The fourth-order valence-electron chi connectivity index (χ4n) is 1.45. The summed E-state index contributed by atoms with van der Waals surface area (Å²) in [6.45, 7) is 3.37. The van der Waals surface area contributed by atoms with Gasteiger partial charge in [0.25, 0.3) is 16.0 Å². The lowest BCUT2D eigenvalue weighted by atomic mass is 10.3. The number of benzene rings is 1. The SMILES string of the molecule is Cc1nnc(NS(=O)(=O)c2cc(Br)c(F)cc2N)nc1C. The molecule has 0 spiro atoms. The minimum atomic E-state index is -4.05. The molecule has 0 unspecified atom stereocenters. The lowest BCUT2D eigenvalue weighted by molar-refractivity contribution is 0.599. The van der Waals surface area contributed by atoms with Crippen LogP contribution in [0.1, 0.15) is 11.4 Å². The van der Waals surface area contributed by atoms with E-state index in [1.165, 1.54) is 0 Å². The molecule has 0 saturated carbocycles. The predicted molar refractivity (Wildman–Crippen MR) is 78.6 cm³/mol. The summed E-state index contributed by atoms with van der Waals surface area (Å²) in [7, 11) is -4.05. The van der Waals surface area contributed by atoms with Crippen LogP contribution in [0.15, 0.2) is 21.5 Å².